The van der Waals surface area contributed by atoms with E-state index in [1.807, 2.05) is 0 Å². The van der Waals surface area contributed by atoms with Crippen LogP contribution in [-0.4, -0.2) is 18.3 Å². The monoisotopic (exact) mass is 246 g/mol. The highest BCUT2D eigenvalue weighted by Gasteiger charge is 2.02. The molecule has 0 fully saturated rings. The summed E-state index contributed by atoms with van der Waals surface area (Å²) in [5.41, 5.74) is 0. The molecule has 0 bridgehead atoms. The molecule has 0 saturated carbocycles. The molecule has 0 heterocycles. The molecule has 0 aliphatic heterocycles. The highest BCUT2D eigenvalue weighted by atomic mass is 127. The Hall–Kier alpha value is 1.08. The summed E-state index contributed by atoms with van der Waals surface area (Å²) in [5, 5.41) is 0. The van der Waals surface area contributed by atoms with E-state index in [1.165, 1.54) is 18.6 Å². The van der Waals surface area contributed by atoms with Crippen LogP contribution < -0.4 is 0 Å². The van der Waals surface area contributed by atoms with Crippen molar-refractivity contribution in [1.82, 2.24) is 0 Å². The normalized spacial score (nSPS) is 14.0. The topological polar surface area (TPSA) is 0 Å². The van der Waals surface area contributed by atoms with Crippen LogP contribution in [0.3, 0.4) is 0 Å². The smallest absolute Gasteiger partial charge is 0.0149 e. The first kappa shape index (κ1) is 9.08. The van der Waals surface area contributed by atoms with Gasteiger partial charge in [0.15, 0.2) is 0 Å². The van der Waals surface area contributed by atoms with Crippen LogP contribution in [0, 0.1) is 0 Å². The molecule has 0 spiro atoms. The molecule has 0 nitrogen and oxygen atoms in total. The summed E-state index contributed by atoms with van der Waals surface area (Å²) in [7, 11) is -0.216. The molecule has 0 radical (unpaired) electrons. The first-order chi connectivity index (χ1) is 3.56. The summed E-state index contributed by atoms with van der Waals surface area (Å²) >= 11 is 2.58. The van der Waals surface area contributed by atoms with Crippen LogP contribution in [0.15, 0.2) is 0 Å². The van der Waals surface area contributed by atoms with Gasteiger partial charge in [0.25, 0.3) is 0 Å². The summed E-state index contributed by atoms with van der Waals surface area (Å²) in [6, 6.07) is 0. The maximum Gasteiger partial charge on any atom is -0.0149 e. The molecule has 0 aromatic heterocycles. The van der Waals surface area contributed by atoms with Gasteiger partial charge in [0.1, 0.15) is 0 Å². The van der Waals surface area contributed by atoms with Crippen LogP contribution in [0.2, 0.25) is 0 Å². The standard InChI is InChI=1S/C6H15IS/c1-4-5-6-8(2,3)7/h4-6H2,1-3H3. The number of hydrogen-bond donors (Lipinski definition) is 0. The summed E-state index contributed by atoms with van der Waals surface area (Å²) in [6.07, 6.45) is 7.48. The van der Waals surface area contributed by atoms with Gasteiger partial charge in [-0.05, 0) is 45.9 Å². The Balaban J connectivity index is 3.11. The molecule has 52 valence electrons. The Bertz CT molecular complexity index is 56.0. The van der Waals surface area contributed by atoms with Crippen molar-refractivity contribution in [3.05, 3.63) is 0 Å². The largest absolute Gasteiger partial charge is 0.193 e. The summed E-state index contributed by atoms with van der Waals surface area (Å²) in [5.74, 6) is 1.43. The molecule has 0 N–H and O–H groups in total. The Kier molecular flexibility index (Phi) is 4.52. The van der Waals surface area contributed by atoms with Crippen molar-refractivity contribution >= 4 is 28.4 Å². The van der Waals surface area contributed by atoms with Crippen molar-refractivity contribution in [2.24, 2.45) is 0 Å². The van der Waals surface area contributed by atoms with E-state index < -0.39 is 0 Å². The second kappa shape index (κ2) is 3.99. The van der Waals surface area contributed by atoms with Crippen LogP contribution >= 0.6 is 28.4 Å². The third-order valence-corrected chi connectivity index (χ3v) is 3.56. The molecule has 0 rings (SSSR count). The van der Waals surface area contributed by atoms with Gasteiger partial charge in [-0.1, -0.05) is 13.3 Å². The molecule has 2 heteroatoms. The lowest BCUT2D eigenvalue weighted by Gasteiger charge is -2.21. The van der Waals surface area contributed by atoms with E-state index in [0.29, 0.717) is 0 Å². The molecule has 0 atom stereocenters. The van der Waals surface area contributed by atoms with Gasteiger partial charge in [-0.2, -0.15) is 7.20 Å². The minimum absolute atomic E-state index is 0.216. The number of rotatable bonds is 3. The zero-order chi connectivity index (χ0) is 6.62. The van der Waals surface area contributed by atoms with Gasteiger partial charge in [0, 0.05) is 0 Å². The average molecular weight is 246 g/mol. The molecule has 0 unspecified atom stereocenters. The van der Waals surface area contributed by atoms with Crippen molar-refractivity contribution < 1.29 is 0 Å². The van der Waals surface area contributed by atoms with E-state index in [2.05, 4.69) is 40.6 Å². The van der Waals surface area contributed by atoms with Gasteiger partial charge >= 0.3 is 0 Å². The predicted octanol–water partition coefficient (Wildman–Crippen LogP) is 3.20. The third-order valence-electron chi connectivity index (χ3n) is 0.983. The Morgan fingerprint density at radius 2 is 1.88 bits per heavy atom. The lowest BCUT2D eigenvalue weighted by molar-refractivity contribution is 0.895. The Labute approximate surface area is 66.3 Å². The molecule has 0 aliphatic carbocycles. The van der Waals surface area contributed by atoms with Crippen LogP contribution in [-0.2, 0) is 0 Å². The number of halogens is 1. The van der Waals surface area contributed by atoms with Crippen LogP contribution in [0.5, 0.6) is 0 Å². The van der Waals surface area contributed by atoms with Crippen LogP contribution in [0.25, 0.3) is 0 Å². The maximum absolute atomic E-state index is 2.58. The van der Waals surface area contributed by atoms with E-state index in [-0.39, 0.29) is 7.20 Å². The highest BCUT2D eigenvalue weighted by Crippen LogP contribution is 2.49. The van der Waals surface area contributed by atoms with Gasteiger partial charge in [-0.15, -0.1) is 0 Å². The molecule has 0 aliphatic rings. The molecule has 8 heavy (non-hydrogen) atoms. The Morgan fingerprint density at radius 1 is 1.38 bits per heavy atom. The predicted molar refractivity (Wildman–Crippen MR) is 53.2 cm³/mol. The van der Waals surface area contributed by atoms with E-state index in [9.17, 15) is 0 Å². The summed E-state index contributed by atoms with van der Waals surface area (Å²) in [6.45, 7) is 2.25. The minimum atomic E-state index is -0.216. The van der Waals surface area contributed by atoms with Gasteiger partial charge in [-0.3, -0.25) is 0 Å². The van der Waals surface area contributed by atoms with E-state index in [0.717, 1.165) is 0 Å². The number of unbranched alkanes of at least 4 members (excludes halogenated alkanes) is 1. The van der Waals surface area contributed by atoms with E-state index >= 15 is 0 Å². The van der Waals surface area contributed by atoms with Crippen molar-refractivity contribution in [1.29, 1.82) is 0 Å². The van der Waals surface area contributed by atoms with E-state index in [4.69, 9.17) is 0 Å². The number of hydrogen-bond acceptors (Lipinski definition) is 0. The SMILES string of the molecule is CCCCS(C)(C)I. The lowest BCUT2D eigenvalue weighted by Crippen LogP contribution is -1.90. The fraction of sp³-hybridized carbons (Fsp3) is 1.00. The molecule has 0 aromatic rings. The average Bonchev–Trinajstić information content (AvgIpc) is 1.59. The van der Waals surface area contributed by atoms with E-state index in [1.54, 1.807) is 0 Å². The highest BCUT2D eigenvalue weighted by molar-refractivity contribution is 14.2. The van der Waals surface area contributed by atoms with Crippen molar-refractivity contribution in [2.45, 2.75) is 19.8 Å². The van der Waals surface area contributed by atoms with Crippen LogP contribution in [0.1, 0.15) is 19.8 Å². The molecule has 0 saturated heterocycles. The second-order valence-electron chi connectivity index (χ2n) is 2.46. The first-order valence-corrected chi connectivity index (χ1v) is 8.13. The molecular formula is C6H15IS. The quantitative estimate of drug-likeness (QED) is 0.671. The van der Waals surface area contributed by atoms with Crippen LogP contribution in [0.4, 0.5) is 0 Å². The zero-order valence-electron chi connectivity index (χ0n) is 5.91. The second-order valence-corrected chi connectivity index (χ2v) is 12.8. The van der Waals surface area contributed by atoms with Gasteiger partial charge < -0.3 is 0 Å². The fourth-order valence-electron chi connectivity index (χ4n) is 0.488. The van der Waals surface area contributed by atoms with Crippen molar-refractivity contribution in [2.75, 3.05) is 18.3 Å². The summed E-state index contributed by atoms with van der Waals surface area (Å²) in [4.78, 5) is 0. The van der Waals surface area contributed by atoms with Gasteiger partial charge in [0.2, 0.25) is 0 Å². The van der Waals surface area contributed by atoms with Gasteiger partial charge in [-0.25, -0.2) is 0 Å². The molecule has 0 amide bonds. The molecular weight excluding hydrogens is 231 g/mol. The zero-order valence-corrected chi connectivity index (χ0v) is 8.88. The van der Waals surface area contributed by atoms with Crippen molar-refractivity contribution in [3.8, 4) is 0 Å². The lowest BCUT2D eigenvalue weighted by atomic mass is 10.4. The summed E-state index contributed by atoms with van der Waals surface area (Å²) < 4.78 is 0. The first-order valence-electron chi connectivity index (χ1n) is 2.97. The Morgan fingerprint density at radius 3 is 2.00 bits per heavy atom. The fourth-order valence-corrected chi connectivity index (χ4v) is 2.40. The third kappa shape index (κ3) is 7.08. The van der Waals surface area contributed by atoms with Crippen molar-refractivity contribution in [3.63, 3.8) is 0 Å². The molecule has 0 aromatic carbocycles. The minimum Gasteiger partial charge on any atom is -0.193 e. The van der Waals surface area contributed by atoms with Gasteiger partial charge in [0.05, 0.1) is 0 Å². The maximum atomic E-state index is 2.58.